The Labute approximate surface area is 223 Å². The molecule has 0 unspecified atom stereocenters. The number of hydrogen-bond acceptors (Lipinski definition) is 10. The molecule has 0 aliphatic carbocycles. The molecule has 1 aliphatic heterocycles. The Bertz CT molecular complexity index is 1210. The fourth-order valence-electron chi connectivity index (χ4n) is 4.03. The summed E-state index contributed by atoms with van der Waals surface area (Å²) in [7, 11) is 1.57. The summed E-state index contributed by atoms with van der Waals surface area (Å²) in [6.45, 7) is 2.05. The third-order valence-corrected chi connectivity index (χ3v) is 6.83. The van der Waals surface area contributed by atoms with Crippen LogP contribution in [0.25, 0.3) is 11.4 Å². The quantitative estimate of drug-likeness (QED) is 0.340. The molecule has 3 aromatic rings. The summed E-state index contributed by atoms with van der Waals surface area (Å²) in [5.41, 5.74) is 0.692. The zero-order valence-corrected chi connectivity index (χ0v) is 22.1. The predicted molar refractivity (Wildman–Crippen MR) is 137 cm³/mol. The van der Waals surface area contributed by atoms with E-state index < -0.39 is 30.4 Å². The smallest absolute Gasteiger partial charge is 0.325 e. The van der Waals surface area contributed by atoms with Gasteiger partial charge in [0.05, 0.1) is 19.8 Å². The summed E-state index contributed by atoms with van der Waals surface area (Å²) in [6, 6.07) is 9.58. The van der Waals surface area contributed by atoms with Crippen molar-refractivity contribution >= 4 is 29.1 Å². The lowest BCUT2D eigenvalue weighted by atomic mass is 10.1. The first-order chi connectivity index (χ1) is 18.5. The molecule has 1 aliphatic rings. The zero-order chi connectivity index (χ0) is 26.9. The second-order valence-corrected chi connectivity index (χ2v) is 9.48. The Balaban J connectivity index is 1.54. The maximum Gasteiger partial charge on any atom is 0.325 e. The van der Waals surface area contributed by atoms with Crippen molar-refractivity contribution in [2.75, 3.05) is 33.4 Å². The lowest BCUT2D eigenvalue weighted by molar-refractivity contribution is -0.153. The van der Waals surface area contributed by atoms with Crippen molar-refractivity contribution in [3.8, 4) is 17.1 Å². The number of rotatable bonds is 12. The van der Waals surface area contributed by atoms with E-state index in [1.807, 2.05) is 5.38 Å². The van der Waals surface area contributed by atoms with E-state index in [-0.39, 0.29) is 19.3 Å². The zero-order valence-electron chi connectivity index (χ0n) is 21.2. The third kappa shape index (κ3) is 6.92. The van der Waals surface area contributed by atoms with E-state index in [4.69, 9.17) is 14.2 Å². The molecule has 1 saturated heterocycles. The van der Waals surface area contributed by atoms with Gasteiger partial charge in [-0.3, -0.25) is 14.4 Å². The van der Waals surface area contributed by atoms with Crippen LogP contribution in [0.3, 0.4) is 0 Å². The van der Waals surface area contributed by atoms with Crippen LogP contribution < -0.4 is 10.1 Å². The number of nitrogens with one attached hydrogen (secondary N) is 1. The number of tetrazole rings is 1. The minimum Gasteiger partial charge on any atom is -0.497 e. The second-order valence-electron chi connectivity index (χ2n) is 8.50. The molecule has 2 aromatic heterocycles. The van der Waals surface area contributed by atoms with Gasteiger partial charge in [-0.05, 0) is 60.7 Å². The molecule has 2 amide bonds. The minimum atomic E-state index is -1.04. The third-order valence-electron chi connectivity index (χ3n) is 5.90. The number of amides is 2. The summed E-state index contributed by atoms with van der Waals surface area (Å²) in [4.78, 5) is 42.4. The Morgan fingerprint density at radius 1 is 1.26 bits per heavy atom. The van der Waals surface area contributed by atoms with Crippen molar-refractivity contribution in [1.82, 2.24) is 30.4 Å². The van der Waals surface area contributed by atoms with Crippen molar-refractivity contribution in [3.05, 3.63) is 46.7 Å². The molecule has 0 saturated carbocycles. The highest BCUT2D eigenvalue weighted by Gasteiger charge is 2.35. The highest BCUT2D eigenvalue weighted by atomic mass is 32.1. The molecule has 202 valence electrons. The van der Waals surface area contributed by atoms with Gasteiger partial charge >= 0.3 is 5.97 Å². The Kier molecular flexibility index (Phi) is 9.38. The van der Waals surface area contributed by atoms with Crippen molar-refractivity contribution in [3.63, 3.8) is 0 Å². The standard InChI is InChI=1S/C25H30N6O6S/c1-3-36-22(33)16-30(23(20-7-5-13-38-20)25(34)26-14-19-6-4-12-37-19)21(32)15-31-28-24(27-29-31)17-8-10-18(35-2)11-9-17/h5,7-11,13,19,23H,3-4,6,12,14-16H2,1-2H3,(H,26,34)/t19-,23+/m0/s1. The fraction of sp³-hybridized carbons (Fsp3) is 0.440. The lowest BCUT2D eigenvalue weighted by Gasteiger charge is -2.29. The molecule has 0 spiro atoms. The minimum absolute atomic E-state index is 0.0760. The van der Waals surface area contributed by atoms with Gasteiger partial charge < -0.3 is 24.4 Å². The molecule has 3 heterocycles. The molecular weight excluding hydrogens is 512 g/mol. The van der Waals surface area contributed by atoms with Crippen molar-refractivity contribution in [2.24, 2.45) is 0 Å². The monoisotopic (exact) mass is 542 g/mol. The summed E-state index contributed by atoms with van der Waals surface area (Å²) in [5, 5.41) is 17.0. The van der Waals surface area contributed by atoms with Gasteiger partial charge in [0.25, 0.3) is 0 Å². The van der Waals surface area contributed by atoms with Crippen LogP contribution in [0, 0.1) is 0 Å². The number of esters is 1. The molecule has 38 heavy (non-hydrogen) atoms. The number of ether oxygens (including phenoxy) is 3. The molecule has 1 N–H and O–H groups in total. The highest BCUT2D eigenvalue weighted by molar-refractivity contribution is 7.10. The van der Waals surface area contributed by atoms with Gasteiger partial charge in [0.1, 0.15) is 24.9 Å². The Hall–Kier alpha value is -3.84. The molecule has 1 aromatic carbocycles. The van der Waals surface area contributed by atoms with Gasteiger partial charge in [-0.2, -0.15) is 4.80 Å². The van der Waals surface area contributed by atoms with E-state index in [9.17, 15) is 14.4 Å². The summed E-state index contributed by atoms with van der Waals surface area (Å²) >= 11 is 1.32. The van der Waals surface area contributed by atoms with Gasteiger partial charge in [-0.25, -0.2) is 0 Å². The molecule has 12 nitrogen and oxygen atoms in total. The van der Waals surface area contributed by atoms with E-state index >= 15 is 0 Å². The normalized spacial score (nSPS) is 15.6. The molecule has 0 bridgehead atoms. The topological polar surface area (TPSA) is 138 Å². The van der Waals surface area contributed by atoms with Crippen molar-refractivity contribution in [2.45, 2.75) is 38.5 Å². The van der Waals surface area contributed by atoms with E-state index in [0.717, 1.165) is 17.6 Å². The number of carbonyl (C=O) groups excluding carboxylic acids is 3. The van der Waals surface area contributed by atoms with Crippen LogP contribution in [-0.2, 0) is 30.4 Å². The van der Waals surface area contributed by atoms with Gasteiger partial charge in [0.2, 0.25) is 17.6 Å². The molecule has 13 heteroatoms. The van der Waals surface area contributed by atoms with Gasteiger partial charge in [0, 0.05) is 23.6 Å². The first kappa shape index (κ1) is 27.2. The molecule has 2 atom stereocenters. The first-order valence-corrected chi connectivity index (χ1v) is 13.2. The van der Waals surface area contributed by atoms with Crippen LogP contribution in [-0.4, -0.2) is 82.4 Å². The van der Waals surface area contributed by atoms with Gasteiger partial charge in [-0.1, -0.05) is 6.07 Å². The Morgan fingerprint density at radius 2 is 2.08 bits per heavy atom. The van der Waals surface area contributed by atoms with E-state index in [1.54, 1.807) is 50.4 Å². The van der Waals surface area contributed by atoms with Crippen molar-refractivity contribution in [1.29, 1.82) is 0 Å². The van der Waals surface area contributed by atoms with E-state index in [1.165, 1.54) is 16.2 Å². The maximum atomic E-state index is 13.6. The lowest BCUT2D eigenvalue weighted by Crippen LogP contribution is -2.48. The number of aromatic nitrogens is 4. The second kappa shape index (κ2) is 13.1. The maximum absolute atomic E-state index is 13.6. The fourth-order valence-corrected chi connectivity index (χ4v) is 4.87. The number of benzene rings is 1. The van der Waals surface area contributed by atoms with Crippen LogP contribution >= 0.6 is 11.3 Å². The van der Waals surface area contributed by atoms with Crippen LogP contribution in [0.4, 0.5) is 0 Å². The summed E-state index contributed by atoms with van der Waals surface area (Å²) in [6.07, 6.45) is 1.71. The molecule has 4 rings (SSSR count). The predicted octanol–water partition coefficient (Wildman–Crippen LogP) is 1.84. The summed E-state index contributed by atoms with van der Waals surface area (Å²) in [5.74, 6) is -0.571. The largest absolute Gasteiger partial charge is 0.497 e. The van der Waals surface area contributed by atoms with Crippen LogP contribution in [0.1, 0.15) is 30.7 Å². The molecule has 0 radical (unpaired) electrons. The Morgan fingerprint density at radius 3 is 2.74 bits per heavy atom. The summed E-state index contributed by atoms with van der Waals surface area (Å²) < 4.78 is 15.9. The molecular formula is C25H30N6O6S. The average molecular weight is 543 g/mol. The van der Waals surface area contributed by atoms with E-state index in [2.05, 4.69) is 20.7 Å². The van der Waals surface area contributed by atoms with Crippen LogP contribution in [0.5, 0.6) is 5.75 Å². The number of carbonyl (C=O) groups is 3. The SMILES string of the molecule is CCOC(=O)CN(C(=O)Cn1nnc(-c2ccc(OC)cc2)n1)[C@@H](C(=O)NC[C@@H]1CCCO1)c1cccs1. The number of hydrogen-bond donors (Lipinski definition) is 1. The number of methoxy groups -OCH3 is 1. The molecule has 1 fully saturated rings. The van der Waals surface area contributed by atoms with Crippen molar-refractivity contribution < 1.29 is 28.6 Å². The van der Waals surface area contributed by atoms with Crippen LogP contribution in [0.15, 0.2) is 41.8 Å². The van der Waals surface area contributed by atoms with Gasteiger partial charge in [0.15, 0.2) is 0 Å². The van der Waals surface area contributed by atoms with Gasteiger partial charge in [-0.15, -0.1) is 21.5 Å². The van der Waals surface area contributed by atoms with E-state index in [0.29, 0.717) is 35.2 Å². The average Bonchev–Trinajstić information content (AvgIpc) is 3.71. The van der Waals surface area contributed by atoms with Crippen LogP contribution in [0.2, 0.25) is 0 Å². The highest BCUT2D eigenvalue weighted by Crippen LogP contribution is 2.27. The first-order valence-electron chi connectivity index (χ1n) is 12.3. The number of thiophene rings is 1. The number of nitrogens with zero attached hydrogens (tertiary/aromatic N) is 5.